The van der Waals surface area contributed by atoms with Crippen molar-refractivity contribution in [3.63, 3.8) is 0 Å². The van der Waals surface area contributed by atoms with Crippen LogP contribution in [-0.2, 0) is 4.74 Å². The number of carbonyl (C=O) groups is 1. The molecule has 1 unspecified atom stereocenters. The van der Waals surface area contributed by atoms with Crippen LogP contribution in [0.2, 0.25) is 5.02 Å². The number of benzene rings is 2. The fraction of sp³-hybridized carbons (Fsp3) is 0.480. The Balaban J connectivity index is 0.00000256. The molecule has 1 fully saturated rings. The summed E-state index contributed by atoms with van der Waals surface area (Å²) in [5.41, 5.74) is 1.99. The van der Waals surface area contributed by atoms with E-state index in [0.29, 0.717) is 17.4 Å². The Labute approximate surface area is 210 Å². The Morgan fingerprint density at radius 3 is 2.12 bits per heavy atom. The highest BCUT2D eigenvalue weighted by atomic mass is 35.5. The number of ketones is 1. The van der Waals surface area contributed by atoms with Crippen molar-refractivity contribution in [1.29, 1.82) is 0 Å². The summed E-state index contributed by atoms with van der Waals surface area (Å²) in [6, 6.07) is 17.7. The van der Waals surface area contributed by atoms with Gasteiger partial charge >= 0.3 is 0 Å². The van der Waals surface area contributed by atoms with Gasteiger partial charge in [-0.2, -0.15) is 0 Å². The van der Waals surface area contributed by atoms with Crippen molar-refractivity contribution < 1.29 is 9.53 Å². The summed E-state index contributed by atoms with van der Waals surface area (Å²) >= 11 is 5.91. The Bertz CT molecular complexity index is 780. The zero-order valence-electron chi connectivity index (χ0n) is 18.9. The minimum atomic E-state index is 0. The number of hydrogen-bond acceptors (Lipinski definition) is 4. The summed E-state index contributed by atoms with van der Waals surface area (Å²) in [7, 11) is 0. The van der Waals surface area contributed by atoms with Crippen LogP contribution in [0.15, 0.2) is 54.6 Å². The van der Waals surface area contributed by atoms with Crippen molar-refractivity contribution in [2.75, 3.05) is 45.9 Å². The fourth-order valence-corrected chi connectivity index (χ4v) is 3.83. The Morgan fingerprint density at radius 2 is 1.53 bits per heavy atom. The Kier molecular flexibility index (Phi) is 13.4. The monoisotopic (exact) mass is 500 g/mol. The van der Waals surface area contributed by atoms with Crippen LogP contribution in [0.3, 0.4) is 0 Å². The first-order valence-corrected chi connectivity index (χ1v) is 11.3. The highest BCUT2D eigenvalue weighted by molar-refractivity contribution is 6.30. The Hall–Kier alpha value is -1.14. The number of carbonyl (C=O) groups excluding carboxylic acids is 1. The van der Waals surface area contributed by atoms with Gasteiger partial charge in [0.1, 0.15) is 0 Å². The van der Waals surface area contributed by atoms with Gasteiger partial charge in [0.25, 0.3) is 0 Å². The fourth-order valence-electron chi connectivity index (χ4n) is 3.70. The molecule has 4 nitrogen and oxygen atoms in total. The third-order valence-electron chi connectivity index (χ3n) is 5.51. The first-order chi connectivity index (χ1) is 14.5. The standard InChI is InChI=1S/C25H33ClN2O2.2ClH/c1-20(2)19-30-25(22-6-4-3-5-7-22)18-28-16-14-27(15-17-28)13-12-24(29)21-8-10-23(26)11-9-21;;/h3-11,20,25H,12-19H2,1-2H3;2*1H. The van der Waals surface area contributed by atoms with E-state index in [4.69, 9.17) is 16.3 Å². The lowest BCUT2D eigenvalue weighted by atomic mass is 10.1. The first kappa shape index (κ1) is 28.9. The van der Waals surface area contributed by atoms with Gasteiger partial charge in [0.2, 0.25) is 0 Å². The van der Waals surface area contributed by atoms with E-state index < -0.39 is 0 Å². The van der Waals surface area contributed by atoms with E-state index in [0.717, 1.165) is 51.4 Å². The van der Waals surface area contributed by atoms with Gasteiger partial charge in [0.15, 0.2) is 5.78 Å². The molecule has 0 saturated carbocycles. The normalized spacial score (nSPS) is 15.6. The van der Waals surface area contributed by atoms with Gasteiger partial charge in [-0.3, -0.25) is 9.69 Å². The van der Waals surface area contributed by atoms with Gasteiger partial charge < -0.3 is 9.64 Å². The van der Waals surface area contributed by atoms with Crippen molar-refractivity contribution in [3.05, 3.63) is 70.7 Å². The van der Waals surface area contributed by atoms with Gasteiger partial charge in [-0.25, -0.2) is 0 Å². The molecule has 7 heteroatoms. The minimum Gasteiger partial charge on any atom is -0.372 e. The second kappa shape index (κ2) is 14.9. The Morgan fingerprint density at radius 1 is 0.938 bits per heavy atom. The van der Waals surface area contributed by atoms with E-state index in [1.165, 1.54) is 5.56 Å². The first-order valence-electron chi connectivity index (χ1n) is 10.9. The van der Waals surface area contributed by atoms with E-state index >= 15 is 0 Å². The van der Waals surface area contributed by atoms with E-state index in [9.17, 15) is 4.79 Å². The molecule has 0 bridgehead atoms. The molecular weight excluding hydrogens is 467 g/mol. The number of halogens is 3. The second-order valence-electron chi connectivity index (χ2n) is 8.45. The average molecular weight is 502 g/mol. The maximum Gasteiger partial charge on any atom is 0.164 e. The zero-order valence-corrected chi connectivity index (χ0v) is 21.3. The third kappa shape index (κ3) is 9.38. The zero-order chi connectivity index (χ0) is 21.3. The summed E-state index contributed by atoms with van der Waals surface area (Å²) in [6.45, 7) is 10.8. The van der Waals surface area contributed by atoms with Gasteiger partial charge in [0.05, 0.1) is 6.10 Å². The largest absolute Gasteiger partial charge is 0.372 e. The average Bonchev–Trinajstić information content (AvgIpc) is 2.76. The van der Waals surface area contributed by atoms with E-state index in [2.05, 4.69) is 47.9 Å². The van der Waals surface area contributed by atoms with Crippen molar-refractivity contribution in [1.82, 2.24) is 9.80 Å². The lowest BCUT2D eigenvalue weighted by Crippen LogP contribution is -2.48. The van der Waals surface area contributed by atoms with Crippen LogP contribution in [0.4, 0.5) is 0 Å². The van der Waals surface area contributed by atoms with Gasteiger partial charge in [0, 0.05) is 62.9 Å². The predicted molar refractivity (Wildman–Crippen MR) is 138 cm³/mol. The summed E-state index contributed by atoms with van der Waals surface area (Å²) in [5.74, 6) is 0.701. The third-order valence-corrected chi connectivity index (χ3v) is 5.76. The molecule has 0 amide bonds. The molecule has 2 aromatic rings. The number of hydrogen-bond donors (Lipinski definition) is 0. The molecule has 0 aliphatic carbocycles. The van der Waals surface area contributed by atoms with Crippen LogP contribution in [-0.4, -0.2) is 61.5 Å². The van der Waals surface area contributed by atoms with Gasteiger partial charge in [-0.05, 0) is 35.7 Å². The SMILES string of the molecule is CC(C)COC(CN1CCN(CCC(=O)c2ccc(Cl)cc2)CC1)c1ccccc1.Cl.Cl. The molecule has 2 aromatic carbocycles. The molecule has 1 atom stereocenters. The smallest absolute Gasteiger partial charge is 0.164 e. The van der Waals surface area contributed by atoms with Crippen molar-refractivity contribution in [2.45, 2.75) is 26.4 Å². The number of Topliss-reactive ketones (excluding diaryl/α,β-unsaturated/α-hetero) is 1. The van der Waals surface area contributed by atoms with Crippen LogP contribution in [0, 0.1) is 5.92 Å². The molecule has 0 radical (unpaired) electrons. The molecule has 32 heavy (non-hydrogen) atoms. The summed E-state index contributed by atoms with van der Waals surface area (Å²) in [6.07, 6.45) is 0.651. The predicted octanol–water partition coefficient (Wildman–Crippen LogP) is 5.79. The molecule has 1 heterocycles. The lowest BCUT2D eigenvalue weighted by Gasteiger charge is -2.36. The van der Waals surface area contributed by atoms with Crippen molar-refractivity contribution in [3.8, 4) is 0 Å². The van der Waals surface area contributed by atoms with E-state index in [1.54, 1.807) is 12.1 Å². The molecule has 1 saturated heterocycles. The quantitative estimate of drug-likeness (QED) is 0.386. The molecule has 1 aliphatic rings. The molecule has 0 spiro atoms. The molecule has 0 N–H and O–H groups in total. The van der Waals surface area contributed by atoms with Crippen LogP contribution >= 0.6 is 36.4 Å². The van der Waals surface area contributed by atoms with Gasteiger partial charge in [-0.1, -0.05) is 55.8 Å². The van der Waals surface area contributed by atoms with Crippen LogP contribution in [0.25, 0.3) is 0 Å². The number of piperazine rings is 1. The summed E-state index contributed by atoms with van der Waals surface area (Å²) in [5, 5.41) is 0.661. The van der Waals surface area contributed by atoms with Crippen molar-refractivity contribution in [2.24, 2.45) is 5.92 Å². The summed E-state index contributed by atoms with van der Waals surface area (Å²) < 4.78 is 6.25. The number of ether oxygens (including phenoxy) is 1. The number of nitrogens with zero attached hydrogens (tertiary/aromatic N) is 2. The summed E-state index contributed by atoms with van der Waals surface area (Å²) in [4.78, 5) is 17.3. The maximum atomic E-state index is 12.4. The highest BCUT2D eigenvalue weighted by Crippen LogP contribution is 2.21. The highest BCUT2D eigenvalue weighted by Gasteiger charge is 2.22. The van der Waals surface area contributed by atoms with E-state index in [-0.39, 0.29) is 36.7 Å². The van der Waals surface area contributed by atoms with Crippen LogP contribution < -0.4 is 0 Å². The topological polar surface area (TPSA) is 32.8 Å². The molecule has 1 aliphatic heterocycles. The second-order valence-corrected chi connectivity index (χ2v) is 8.89. The van der Waals surface area contributed by atoms with Crippen LogP contribution in [0.1, 0.15) is 42.3 Å². The van der Waals surface area contributed by atoms with Crippen LogP contribution in [0.5, 0.6) is 0 Å². The molecule has 0 aromatic heterocycles. The lowest BCUT2D eigenvalue weighted by molar-refractivity contribution is 0.000654. The van der Waals surface area contributed by atoms with E-state index in [1.807, 2.05) is 18.2 Å². The molecule has 178 valence electrons. The minimum absolute atomic E-state index is 0. The van der Waals surface area contributed by atoms with Gasteiger partial charge in [-0.15, -0.1) is 24.8 Å². The molecular formula is C25H35Cl3N2O2. The number of rotatable bonds is 10. The van der Waals surface area contributed by atoms with Crippen molar-refractivity contribution >= 4 is 42.2 Å². The maximum absolute atomic E-state index is 12.4. The molecule has 3 rings (SSSR count).